The van der Waals surface area contributed by atoms with E-state index in [-0.39, 0.29) is 0 Å². The number of aromatic nitrogens is 1. The predicted octanol–water partition coefficient (Wildman–Crippen LogP) is 0.685. The van der Waals surface area contributed by atoms with Crippen molar-refractivity contribution in [3.63, 3.8) is 0 Å². The molecule has 8 heteroatoms. The highest BCUT2D eigenvalue weighted by Crippen LogP contribution is 2.28. The van der Waals surface area contributed by atoms with Gasteiger partial charge in [0.25, 0.3) is 0 Å². The van der Waals surface area contributed by atoms with Crippen molar-refractivity contribution in [1.82, 2.24) is 25.8 Å². The van der Waals surface area contributed by atoms with E-state index in [9.17, 15) is 13.2 Å². The lowest BCUT2D eigenvalue weighted by molar-refractivity contribution is -0.137. The molecule has 0 aliphatic carbocycles. The lowest BCUT2D eigenvalue weighted by Gasteiger charge is -2.23. The molecule has 1 aliphatic heterocycles. The molecule has 0 bridgehead atoms. The Balaban J connectivity index is 1.89. The molecule has 0 radical (unpaired) electrons. The summed E-state index contributed by atoms with van der Waals surface area (Å²) in [5, 5.41) is 10.0. The lowest BCUT2D eigenvalue weighted by atomic mass is 10.2. The first-order valence-electron chi connectivity index (χ1n) is 7.92. The fraction of sp³-hybridized carbons (Fsp3) is 0.667. The van der Waals surface area contributed by atoms with E-state index in [1.165, 1.54) is 6.07 Å². The molecule has 1 aromatic heterocycles. The van der Waals surface area contributed by atoms with Crippen molar-refractivity contribution in [1.29, 1.82) is 0 Å². The van der Waals surface area contributed by atoms with E-state index >= 15 is 0 Å². The van der Waals surface area contributed by atoms with Gasteiger partial charge in [0.2, 0.25) is 0 Å². The van der Waals surface area contributed by atoms with Gasteiger partial charge in [0, 0.05) is 65.1 Å². The van der Waals surface area contributed by atoms with Gasteiger partial charge in [-0.05, 0) is 12.1 Å². The summed E-state index contributed by atoms with van der Waals surface area (Å²) in [6.45, 7) is 7.61. The van der Waals surface area contributed by atoms with Crippen molar-refractivity contribution in [3.05, 3.63) is 29.6 Å². The van der Waals surface area contributed by atoms with E-state index in [4.69, 9.17) is 0 Å². The monoisotopic (exact) mass is 331 g/mol. The van der Waals surface area contributed by atoms with Gasteiger partial charge in [0.05, 0.1) is 11.3 Å². The summed E-state index contributed by atoms with van der Waals surface area (Å²) in [6, 6.07) is 2.56. The number of hydrogen-bond donors (Lipinski definition) is 3. The number of halogens is 3. The van der Waals surface area contributed by atoms with E-state index in [1.807, 2.05) is 0 Å². The van der Waals surface area contributed by atoms with Crippen molar-refractivity contribution >= 4 is 0 Å². The van der Waals surface area contributed by atoms with Crippen molar-refractivity contribution in [2.75, 3.05) is 52.4 Å². The third-order valence-electron chi connectivity index (χ3n) is 3.70. The fourth-order valence-corrected chi connectivity index (χ4v) is 2.39. The van der Waals surface area contributed by atoms with Crippen LogP contribution in [0.25, 0.3) is 0 Å². The van der Waals surface area contributed by atoms with Crippen LogP contribution in [0.1, 0.15) is 11.3 Å². The number of alkyl halides is 3. The van der Waals surface area contributed by atoms with E-state index in [0.29, 0.717) is 12.2 Å². The van der Waals surface area contributed by atoms with Crippen LogP contribution >= 0.6 is 0 Å². The highest BCUT2D eigenvalue weighted by Gasteiger charge is 2.30. The Morgan fingerprint density at radius 2 is 1.48 bits per heavy atom. The summed E-state index contributed by atoms with van der Waals surface area (Å²) < 4.78 is 37.7. The van der Waals surface area contributed by atoms with Gasteiger partial charge in [0.15, 0.2) is 0 Å². The molecule has 23 heavy (non-hydrogen) atoms. The zero-order chi connectivity index (χ0) is 16.5. The summed E-state index contributed by atoms with van der Waals surface area (Å²) in [5.41, 5.74) is -0.0439. The predicted molar refractivity (Wildman–Crippen MR) is 83.1 cm³/mol. The molecule has 0 unspecified atom stereocenters. The second-order valence-corrected chi connectivity index (χ2v) is 5.56. The lowest BCUT2D eigenvalue weighted by Crippen LogP contribution is -2.41. The second-order valence-electron chi connectivity index (χ2n) is 5.56. The molecule has 0 saturated carbocycles. The highest BCUT2D eigenvalue weighted by atomic mass is 19.4. The van der Waals surface area contributed by atoms with E-state index < -0.39 is 11.7 Å². The summed E-state index contributed by atoms with van der Waals surface area (Å²) in [5.74, 6) is 0. The topological polar surface area (TPSA) is 52.2 Å². The van der Waals surface area contributed by atoms with Crippen molar-refractivity contribution in [3.8, 4) is 0 Å². The normalized spacial score (nSPS) is 19.8. The van der Waals surface area contributed by atoms with Crippen LogP contribution in [0, 0.1) is 0 Å². The Labute approximate surface area is 134 Å². The molecule has 2 rings (SSSR count). The van der Waals surface area contributed by atoms with Gasteiger partial charge in [-0.3, -0.25) is 9.88 Å². The number of hydrogen-bond acceptors (Lipinski definition) is 5. The van der Waals surface area contributed by atoms with Crippen molar-refractivity contribution < 1.29 is 13.2 Å². The molecule has 5 nitrogen and oxygen atoms in total. The zero-order valence-electron chi connectivity index (χ0n) is 13.1. The molecule has 0 spiro atoms. The number of nitrogens with one attached hydrogen (secondary N) is 3. The summed E-state index contributed by atoms with van der Waals surface area (Å²) in [6.07, 6.45) is -3.42. The Hall–Kier alpha value is -1.22. The van der Waals surface area contributed by atoms with Crippen molar-refractivity contribution in [2.24, 2.45) is 0 Å². The molecule has 1 aliphatic rings. The summed E-state index contributed by atoms with van der Waals surface area (Å²) >= 11 is 0. The maximum absolute atomic E-state index is 12.6. The maximum Gasteiger partial charge on any atom is 0.417 e. The van der Waals surface area contributed by atoms with Crippen LogP contribution in [-0.4, -0.2) is 62.2 Å². The largest absolute Gasteiger partial charge is 0.417 e. The SMILES string of the molecule is FC(F)(F)c1ccc(CN2CCNCCNCCNCC2)nc1. The van der Waals surface area contributed by atoms with Gasteiger partial charge in [-0.25, -0.2) is 0 Å². The van der Waals surface area contributed by atoms with Gasteiger partial charge in [-0.15, -0.1) is 0 Å². The fourth-order valence-electron chi connectivity index (χ4n) is 2.39. The van der Waals surface area contributed by atoms with Crippen molar-refractivity contribution in [2.45, 2.75) is 12.7 Å². The minimum atomic E-state index is -4.33. The minimum Gasteiger partial charge on any atom is -0.314 e. The summed E-state index contributed by atoms with van der Waals surface area (Å²) in [7, 11) is 0. The Kier molecular flexibility index (Phi) is 7.22. The first-order chi connectivity index (χ1) is 11.1. The molecule has 2 heterocycles. The minimum absolute atomic E-state index is 0.555. The molecule has 0 amide bonds. The van der Waals surface area contributed by atoms with Crippen LogP contribution < -0.4 is 16.0 Å². The van der Waals surface area contributed by atoms with Crippen LogP contribution in [0.4, 0.5) is 13.2 Å². The second kappa shape index (κ2) is 9.17. The first-order valence-corrected chi connectivity index (χ1v) is 7.92. The third-order valence-corrected chi connectivity index (χ3v) is 3.70. The zero-order valence-corrected chi connectivity index (χ0v) is 13.1. The molecule has 3 N–H and O–H groups in total. The Morgan fingerprint density at radius 1 is 0.913 bits per heavy atom. The van der Waals surface area contributed by atoms with Crippen LogP contribution in [-0.2, 0) is 12.7 Å². The van der Waals surface area contributed by atoms with E-state index in [1.54, 1.807) is 0 Å². The van der Waals surface area contributed by atoms with Gasteiger partial charge in [-0.2, -0.15) is 13.2 Å². The van der Waals surface area contributed by atoms with E-state index in [0.717, 1.165) is 64.6 Å². The smallest absolute Gasteiger partial charge is 0.314 e. The quantitative estimate of drug-likeness (QED) is 0.744. The van der Waals surface area contributed by atoms with E-state index in [2.05, 4.69) is 25.8 Å². The highest BCUT2D eigenvalue weighted by molar-refractivity contribution is 5.16. The first kappa shape index (κ1) is 18.1. The van der Waals surface area contributed by atoms with Crippen LogP contribution in [0.5, 0.6) is 0 Å². The van der Waals surface area contributed by atoms with Gasteiger partial charge >= 0.3 is 6.18 Å². The Morgan fingerprint density at radius 3 is 1.96 bits per heavy atom. The Bertz CT molecular complexity index is 437. The maximum atomic E-state index is 12.6. The molecule has 130 valence electrons. The average Bonchev–Trinajstić information content (AvgIpc) is 2.49. The molecule has 0 atom stereocenters. The van der Waals surface area contributed by atoms with Gasteiger partial charge in [0.1, 0.15) is 0 Å². The van der Waals surface area contributed by atoms with Crippen LogP contribution in [0.15, 0.2) is 18.3 Å². The molecule has 1 aromatic rings. The number of rotatable bonds is 2. The average molecular weight is 331 g/mol. The molecule has 0 aromatic carbocycles. The molecular formula is C15H24F3N5. The summed E-state index contributed by atoms with van der Waals surface area (Å²) in [4.78, 5) is 6.16. The van der Waals surface area contributed by atoms with Gasteiger partial charge < -0.3 is 16.0 Å². The van der Waals surface area contributed by atoms with Crippen LogP contribution in [0.2, 0.25) is 0 Å². The van der Waals surface area contributed by atoms with Gasteiger partial charge in [-0.1, -0.05) is 0 Å². The van der Waals surface area contributed by atoms with Crippen LogP contribution in [0.3, 0.4) is 0 Å². The standard InChI is InChI=1S/C15H24F3N5/c16-15(17,18)13-1-2-14(22-11-13)12-23-9-7-20-5-3-19-4-6-21-8-10-23/h1-2,11,19-21H,3-10,12H2. The molecular weight excluding hydrogens is 307 g/mol. The number of pyridine rings is 1. The molecule has 1 fully saturated rings. The molecule has 1 saturated heterocycles. The number of nitrogens with zero attached hydrogens (tertiary/aromatic N) is 2. The third kappa shape index (κ3) is 6.82.